The highest BCUT2D eigenvalue weighted by molar-refractivity contribution is 5.82. The van der Waals surface area contributed by atoms with E-state index in [4.69, 9.17) is 10.9 Å². The van der Waals surface area contributed by atoms with Gasteiger partial charge in [0.05, 0.1) is 0 Å². The van der Waals surface area contributed by atoms with Crippen molar-refractivity contribution in [2.24, 2.45) is 22.7 Å². The minimum atomic E-state index is 0.128. The molecule has 0 bridgehead atoms. The van der Waals surface area contributed by atoms with Crippen LogP contribution in [0.4, 0.5) is 0 Å². The number of amidine groups is 1. The fourth-order valence-corrected chi connectivity index (χ4v) is 2.66. The van der Waals surface area contributed by atoms with E-state index in [1.165, 1.54) is 32.1 Å². The van der Waals surface area contributed by atoms with Crippen molar-refractivity contribution in [2.75, 3.05) is 13.1 Å². The summed E-state index contributed by atoms with van der Waals surface area (Å²) < 4.78 is 0. The van der Waals surface area contributed by atoms with Gasteiger partial charge in [0.1, 0.15) is 5.84 Å². The van der Waals surface area contributed by atoms with Gasteiger partial charge in [0.25, 0.3) is 0 Å². The maximum atomic E-state index is 8.75. The first kappa shape index (κ1) is 15.3. The molecule has 0 aromatic rings. The molecule has 1 aliphatic rings. The largest absolute Gasteiger partial charge is 0.409 e. The second kappa shape index (κ2) is 7.62. The summed E-state index contributed by atoms with van der Waals surface area (Å²) in [5.41, 5.74) is 5.69. The Morgan fingerprint density at radius 2 is 1.94 bits per heavy atom. The molecule has 1 fully saturated rings. The van der Waals surface area contributed by atoms with Crippen LogP contribution < -0.4 is 5.73 Å². The van der Waals surface area contributed by atoms with Crippen LogP contribution in [0.3, 0.4) is 0 Å². The van der Waals surface area contributed by atoms with Gasteiger partial charge < -0.3 is 10.9 Å². The quantitative estimate of drug-likeness (QED) is 0.318. The van der Waals surface area contributed by atoms with Crippen LogP contribution in [-0.2, 0) is 0 Å². The maximum absolute atomic E-state index is 8.75. The number of hydrogen-bond acceptors (Lipinski definition) is 3. The van der Waals surface area contributed by atoms with Gasteiger partial charge in [0, 0.05) is 18.5 Å². The first-order chi connectivity index (χ1) is 8.54. The monoisotopic (exact) mass is 255 g/mol. The molecule has 0 radical (unpaired) electrons. The van der Waals surface area contributed by atoms with Gasteiger partial charge in [-0.2, -0.15) is 0 Å². The Bertz CT molecular complexity index is 260. The lowest BCUT2D eigenvalue weighted by Gasteiger charge is -2.31. The van der Waals surface area contributed by atoms with E-state index in [-0.39, 0.29) is 5.92 Å². The lowest BCUT2D eigenvalue weighted by Crippen LogP contribution is -2.41. The maximum Gasteiger partial charge on any atom is 0.143 e. The van der Waals surface area contributed by atoms with E-state index in [0.717, 1.165) is 19.0 Å². The summed E-state index contributed by atoms with van der Waals surface area (Å²) in [7, 11) is 0. The van der Waals surface area contributed by atoms with Crippen molar-refractivity contribution in [2.45, 2.75) is 58.9 Å². The molecule has 106 valence electrons. The normalized spacial score (nSPS) is 19.9. The molecule has 0 spiro atoms. The van der Waals surface area contributed by atoms with Crippen LogP contribution in [0.2, 0.25) is 0 Å². The van der Waals surface area contributed by atoms with E-state index >= 15 is 0 Å². The van der Waals surface area contributed by atoms with Crippen molar-refractivity contribution >= 4 is 5.84 Å². The van der Waals surface area contributed by atoms with Gasteiger partial charge >= 0.3 is 0 Å². The fraction of sp³-hybridized carbons (Fsp3) is 0.929. The van der Waals surface area contributed by atoms with Crippen molar-refractivity contribution in [3.05, 3.63) is 0 Å². The van der Waals surface area contributed by atoms with Gasteiger partial charge in [0.2, 0.25) is 0 Å². The van der Waals surface area contributed by atoms with E-state index in [2.05, 4.69) is 23.9 Å². The second-order valence-corrected chi connectivity index (χ2v) is 6.04. The number of nitrogens with zero attached hydrogens (tertiary/aromatic N) is 2. The smallest absolute Gasteiger partial charge is 0.143 e. The van der Waals surface area contributed by atoms with Crippen molar-refractivity contribution in [3.8, 4) is 0 Å². The molecule has 4 nitrogen and oxygen atoms in total. The summed E-state index contributed by atoms with van der Waals surface area (Å²) in [6.07, 6.45) is 6.53. The average Bonchev–Trinajstić information content (AvgIpc) is 2.86. The Morgan fingerprint density at radius 1 is 1.33 bits per heavy atom. The summed E-state index contributed by atoms with van der Waals surface area (Å²) >= 11 is 0. The van der Waals surface area contributed by atoms with Crippen LogP contribution in [0.15, 0.2) is 5.16 Å². The van der Waals surface area contributed by atoms with Gasteiger partial charge in [-0.1, -0.05) is 38.8 Å². The molecule has 1 saturated carbocycles. The van der Waals surface area contributed by atoms with Crippen LogP contribution in [0.5, 0.6) is 0 Å². The summed E-state index contributed by atoms with van der Waals surface area (Å²) in [6.45, 7) is 8.60. The van der Waals surface area contributed by atoms with Crippen molar-refractivity contribution in [1.82, 2.24) is 4.90 Å². The van der Waals surface area contributed by atoms with E-state index in [9.17, 15) is 0 Å². The van der Waals surface area contributed by atoms with E-state index in [1.807, 2.05) is 6.92 Å². The van der Waals surface area contributed by atoms with E-state index in [1.54, 1.807) is 0 Å². The summed E-state index contributed by atoms with van der Waals surface area (Å²) in [5.74, 6) is 1.21. The van der Waals surface area contributed by atoms with Crippen LogP contribution >= 0.6 is 0 Å². The number of hydrogen-bond donors (Lipinski definition) is 2. The molecule has 0 aromatic heterocycles. The third-order valence-corrected chi connectivity index (χ3v) is 3.96. The average molecular weight is 255 g/mol. The zero-order chi connectivity index (χ0) is 13.5. The topological polar surface area (TPSA) is 61.8 Å². The molecule has 0 heterocycles. The van der Waals surface area contributed by atoms with Gasteiger partial charge in [0.15, 0.2) is 0 Å². The number of nitrogens with two attached hydrogens (primary N) is 1. The van der Waals surface area contributed by atoms with Crippen LogP contribution in [0, 0.1) is 11.8 Å². The SMILES string of the molecule is CC(C)CCN(CC(C)C(N)=NO)C1CCCC1. The van der Waals surface area contributed by atoms with Gasteiger partial charge in [-0.3, -0.25) is 4.90 Å². The van der Waals surface area contributed by atoms with Crippen molar-refractivity contribution < 1.29 is 5.21 Å². The van der Waals surface area contributed by atoms with E-state index in [0.29, 0.717) is 11.9 Å². The molecule has 0 aliphatic heterocycles. The van der Waals surface area contributed by atoms with Crippen LogP contribution in [0.1, 0.15) is 52.9 Å². The Kier molecular flexibility index (Phi) is 6.47. The van der Waals surface area contributed by atoms with Crippen LogP contribution in [-0.4, -0.2) is 35.1 Å². The number of rotatable bonds is 7. The first-order valence-corrected chi connectivity index (χ1v) is 7.26. The van der Waals surface area contributed by atoms with E-state index < -0.39 is 0 Å². The van der Waals surface area contributed by atoms with Gasteiger partial charge in [-0.15, -0.1) is 0 Å². The molecule has 1 unspecified atom stereocenters. The molecule has 18 heavy (non-hydrogen) atoms. The van der Waals surface area contributed by atoms with Crippen molar-refractivity contribution in [1.29, 1.82) is 0 Å². The van der Waals surface area contributed by atoms with Gasteiger partial charge in [-0.25, -0.2) is 0 Å². The van der Waals surface area contributed by atoms with Crippen molar-refractivity contribution in [3.63, 3.8) is 0 Å². The minimum absolute atomic E-state index is 0.128. The molecular weight excluding hydrogens is 226 g/mol. The second-order valence-electron chi connectivity index (χ2n) is 6.04. The number of oxime groups is 1. The molecule has 1 aliphatic carbocycles. The molecule has 4 heteroatoms. The highest BCUT2D eigenvalue weighted by atomic mass is 16.4. The lowest BCUT2D eigenvalue weighted by atomic mass is 10.1. The third kappa shape index (κ3) is 4.84. The molecule has 1 rings (SSSR count). The fourth-order valence-electron chi connectivity index (χ4n) is 2.66. The molecule has 3 N–H and O–H groups in total. The summed E-state index contributed by atoms with van der Waals surface area (Å²) in [6, 6.07) is 0.706. The Labute approximate surface area is 111 Å². The molecule has 0 amide bonds. The summed E-state index contributed by atoms with van der Waals surface area (Å²) in [4.78, 5) is 2.55. The summed E-state index contributed by atoms with van der Waals surface area (Å²) in [5, 5.41) is 11.9. The zero-order valence-corrected chi connectivity index (χ0v) is 12.1. The third-order valence-electron chi connectivity index (χ3n) is 3.96. The standard InChI is InChI=1S/C14H29N3O/c1-11(2)8-9-17(13-6-4-5-7-13)10-12(3)14(15)16-18/h11-13,18H,4-10H2,1-3H3,(H2,15,16). The Hall–Kier alpha value is -0.770. The predicted octanol–water partition coefficient (Wildman–Crippen LogP) is 2.66. The van der Waals surface area contributed by atoms with Crippen LogP contribution in [0.25, 0.3) is 0 Å². The molecule has 0 saturated heterocycles. The molecule has 0 aromatic carbocycles. The zero-order valence-electron chi connectivity index (χ0n) is 12.1. The highest BCUT2D eigenvalue weighted by Gasteiger charge is 2.24. The highest BCUT2D eigenvalue weighted by Crippen LogP contribution is 2.25. The minimum Gasteiger partial charge on any atom is -0.409 e. The Morgan fingerprint density at radius 3 is 2.44 bits per heavy atom. The molecular formula is C14H29N3O. The first-order valence-electron chi connectivity index (χ1n) is 7.26. The Balaban J connectivity index is 2.53. The molecule has 1 atom stereocenters. The van der Waals surface area contributed by atoms with Gasteiger partial charge in [-0.05, 0) is 31.7 Å². The predicted molar refractivity (Wildman–Crippen MR) is 75.9 cm³/mol. The lowest BCUT2D eigenvalue weighted by molar-refractivity contribution is 0.176.